The van der Waals surface area contributed by atoms with E-state index in [1.807, 2.05) is 60.7 Å². The van der Waals surface area contributed by atoms with E-state index in [0.29, 0.717) is 5.57 Å². The molecule has 2 aromatic rings. The summed E-state index contributed by atoms with van der Waals surface area (Å²) in [7, 11) is 1.34. The van der Waals surface area contributed by atoms with Gasteiger partial charge in [-0.15, -0.1) is 0 Å². The maximum absolute atomic E-state index is 12.1. The van der Waals surface area contributed by atoms with Crippen molar-refractivity contribution in [1.29, 1.82) is 0 Å². The van der Waals surface area contributed by atoms with Crippen LogP contribution in [0.3, 0.4) is 0 Å². The van der Waals surface area contributed by atoms with Gasteiger partial charge in [0.15, 0.2) is 0 Å². The summed E-state index contributed by atoms with van der Waals surface area (Å²) in [4.78, 5) is 25.6. The van der Waals surface area contributed by atoms with Gasteiger partial charge in [0.2, 0.25) is 5.91 Å². The second kappa shape index (κ2) is 7.94. The molecule has 0 radical (unpaired) electrons. The summed E-state index contributed by atoms with van der Waals surface area (Å²) in [5.74, 6) is -0.588. The lowest BCUT2D eigenvalue weighted by Crippen LogP contribution is -2.32. The number of hydrogen-bond acceptors (Lipinski definition) is 3. The third-order valence-electron chi connectivity index (χ3n) is 3.36. The number of anilines is 1. The Labute approximate surface area is 136 Å². The molecule has 0 aliphatic carbocycles. The number of benzene rings is 2. The van der Waals surface area contributed by atoms with Crippen LogP contribution in [0.15, 0.2) is 66.2 Å². The number of carbonyl (C=O) groups is 2. The van der Waals surface area contributed by atoms with E-state index >= 15 is 0 Å². The largest absolute Gasteiger partial charge is 0.466 e. The van der Waals surface area contributed by atoms with Crippen molar-refractivity contribution in [3.63, 3.8) is 0 Å². The smallest absolute Gasteiger partial charge is 0.335 e. The lowest BCUT2D eigenvalue weighted by Gasteiger charge is -2.22. The Kier molecular flexibility index (Phi) is 5.69. The summed E-state index contributed by atoms with van der Waals surface area (Å²) in [6.45, 7) is 1.63. The Balaban J connectivity index is 2.34. The summed E-state index contributed by atoms with van der Waals surface area (Å²) in [5, 5.41) is 0. The van der Waals surface area contributed by atoms with Gasteiger partial charge in [0.1, 0.15) is 0 Å². The van der Waals surface area contributed by atoms with E-state index in [1.165, 1.54) is 14.0 Å². The number of rotatable bonds is 5. The zero-order chi connectivity index (χ0) is 16.7. The minimum atomic E-state index is -0.448. The molecule has 4 heteroatoms. The molecule has 0 aliphatic rings. The van der Waals surface area contributed by atoms with Crippen LogP contribution >= 0.6 is 0 Å². The minimum Gasteiger partial charge on any atom is -0.466 e. The molecule has 0 spiro atoms. The number of methoxy groups -OCH3 is 1. The SMILES string of the molecule is COC(=O)/C(=C/c1ccccc1)CN(C(C)=O)c1ccccc1. The van der Waals surface area contributed by atoms with E-state index in [9.17, 15) is 9.59 Å². The fraction of sp³-hybridized carbons (Fsp3) is 0.158. The molecule has 0 fully saturated rings. The quantitative estimate of drug-likeness (QED) is 0.629. The molecule has 1 amide bonds. The lowest BCUT2D eigenvalue weighted by atomic mass is 10.1. The highest BCUT2D eigenvalue weighted by molar-refractivity contribution is 5.99. The molecule has 0 saturated heterocycles. The van der Waals surface area contributed by atoms with Crippen LogP contribution in [0.2, 0.25) is 0 Å². The third kappa shape index (κ3) is 4.54. The van der Waals surface area contributed by atoms with Gasteiger partial charge in [-0.05, 0) is 23.8 Å². The van der Waals surface area contributed by atoms with Crippen molar-refractivity contribution in [3.05, 3.63) is 71.8 Å². The van der Waals surface area contributed by atoms with Gasteiger partial charge in [-0.3, -0.25) is 4.79 Å². The van der Waals surface area contributed by atoms with Gasteiger partial charge in [0.05, 0.1) is 19.2 Å². The first-order valence-corrected chi connectivity index (χ1v) is 7.29. The Morgan fingerprint density at radius 2 is 1.57 bits per heavy atom. The van der Waals surface area contributed by atoms with Crippen LogP contribution in [0.25, 0.3) is 6.08 Å². The first kappa shape index (κ1) is 16.5. The highest BCUT2D eigenvalue weighted by Gasteiger charge is 2.18. The Bertz CT molecular complexity index is 693. The van der Waals surface area contributed by atoms with Gasteiger partial charge in [-0.25, -0.2) is 4.79 Å². The molecular formula is C19H19NO3. The number of hydrogen-bond donors (Lipinski definition) is 0. The molecule has 2 aromatic carbocycles. The van der Waals surface area contributed by atoms with Crippen LogP contribution in [0.5, 0.6) is 0 Å². The van der Waals surface area contributed by atoms with Crippen LogP contribution in [-0.4, -0.2) is 25.5 Å². The molecule has 2 rings (SSSR count). The van der Waals surface area contributed by atoms with Gasteiger partial charge in [-0.1, -0.05) is 48.5 Å². The molecule has 0 atom stereocenters. The van der Waals surface area contributed by atoms with Crippen molar-refractivity contribution in [2.75, 3.05) is 18.6 Å². The molecule has 0 aliphatic heterocycles. The van der Waals surface area contributed by atoms with Crippen molar-refractivity contribution >= 4 is 23.6 Å². The van der Waals surface area contributed by atoms with Crippen LogP contribution in [0, 0.1) is 0 Å². The standard InChI is InChI=1S/C19H19NO3/c1-15(21)20(18-11-7-4-8-12-18)14-17(19(22)23-2)13-16-9-5-3-6-10-16/h3-13H,14H2,1-2H3/b17-13+. The fourth-order valence-corrected chi connectivity index (χ4v) is 2.21. The Morgan fingerprint density at radius 1 is 1.00 bits per heavy atom. The highest BCUT2D eigenvalue weighted by Crippen LogP contribution is 2.17. The zero-order valence-corrected chi connectivity index (χ0v) is 13.2. The van der Waals surface area contributed by atoms with Crippen molar-refractivity contribution in [2.45, 2.75) is 6.92 Å². The van der Waals surface area contributed by atoms with Crippen LogP contribution in [0.4, 0.5) is 5.69 Å². The van der Waals surface area contributed by atoms with E-state index in [4.69, 9.17) is 4.74 Å². The van der Waals surface area contributed by atoms with Gasteiger partial charge in [0.25, 0.3) is 0 Å². The summed E-state index contributed by atoms with van der Waals surface area (Å²) in [6, 6.07) is 18.7. The molecule has 0 unspecified atom stereocenters. The number of esters is 1. The van der Waals surface area contributed by atoms with Crippen molar-refractivity contribution in [3.8, 4) is 0 Å². The topological polar surface area (TPSA) is 46.6 Å². The van der Waals surface area contributed by atoms with E-state index in [0.717, 1.165) is 11.3 Å². The Hall–Kier alpha value is -2.88. The average molecular weight is 309 g/mol. The number of nitrogens with zero attached hydrogens (tertiary/aromatic N) is 1. The van der Waals surface area contributed by atoms with Gasteiger partial charge < -0.3 is 9.64 Å². The molecule has 4 nitrogen and oxygen atoms in total. The van der Waals surface area contributed by atoms with Crippen LogP contribution < -0.4 is 4.90 Å². The molecule has 118 valence electrons. The minimum absolute atomic E-state index is 0.140. The number of amides is 1. The second-order valence-electron chi connectivity index (χ2n) is 5.01. The van der Waals surface area contributed by atoms with Gasteiger partial charge in [-0.2, -0.15) is 0 Å². The van der Waals surface area contributed by atoms with Crippen molar-refractivity contribution in [2.24, 2.45) is 0 Å². The predicted octanol–water partition coefficient (Wildman–Crippen LogP) is 3.30. The first-order chi connectivity index (χ1) is 11.1. The van der Waals surface area contributed by atoms with Crippen LogP contribution in [-0.2, 0) is 14.3 Å². The number of ether oxygens (including phenoxy) is 1. The summed E-state index contributed by atoms with van der Waals surface area (Å²) in [6.07, 6.45) is 1.74. The number of para-hydroxylation sites is 1. The third-order valence-corrected chi connectivity index (χ3v) is 3.36. The highest BCUT2D eigenvalue weighted by atomic mass is 16.5. The average Bonchev–Trinajstić information content (AvgIpc) is 2.59. The molecule has 0 heterocycles. The fourth-order valence-electron chi connectivity index (χ4n) is 2.21. The Morgan fingerprint density at radius 3 is 2.09 bits per heavy atom. The molecule has 0 saturated carbocycles. The van der Waals surface area contributed by atoms with E-state index in [-0.39, 0.29) is 12.5 Å². The molecule has 23 heavy (non-hydrogen) atoms. The second-order valence-corrected chi connectivity index (χ2v) is 5.01. The van der Waals surface area contributed by atoms with E-state index in [1.54, 1.807) is 11.0 Å². The van der Waals surface area contributed by atoms with Gasteiger partial charge >= 0.3 is 5.97 Å². The molecule has 0 N–H and O–H groups in total. The van der Waals surface area contributed by atoms with Crippen LogP contribution in [0.1, 0.15) is 12.5 Å². The summed E-state index contributed by atoms with van der Waals surface area (Å²) >= 11 is 0. The van der Waals surface area contributed by atoms with Crippen molar-refractivity contribution < 1.29 is 14.3 Å². The van der Waals surface area contributed by atoms with E-state index < -0.39 is 5.97 Å². The summed E-state index contributed by atoms with van der Waals surface area (Å²) in [5.41, 5.74) is 2.03. The molecule has 0 aromatic heterocycles. The monoisotopic (exact) mass is 309 g/mol. The summed E-state index contributed by atoms with van der Waals surface area (Å²) < 4.78 is 4.86. The zero-order valence-electron chi connectivity index (χ0n) is 13.2. The molecular weight excluding hydrogens is 290 g/mol. The predicted molar refractivity (Wildman–Crippen MR) is 90.9 cm³/mol. The molecule has 0 bridgehead atoms. The van der Waals surface area contributed by atoms with Crippen molar-refractivity contribution in [1.82, 2.24) is 0 Å². The first-order valence-electron chi connectivity index (χ1n) is 7.29. The maximum Gasteiger partial charge on any atom is 0.335 e. The van der Waals surface area contributed by atoms with E-state index in [2.05, 4.69) is 0 Å². The normalized spacial score (nSPS) is 11.0. The lowest BCUT2D eigenvalue weighted by molar-refractivity contribution is -0.136. The van der Waals surface area contributed by atoms with Gasteiger partial charge in [0, 0.05) is 12.6 Å². The number of carbonyl (C=O) groups excluding carboxylic acids is 2. The maximum atomic E-state index is 12.1.